The van der Waals surface area contributed by atoms with Gasteiger partial charge in [0.05, 0.1) is 0 Å². The molecule has 1 atom stereocenters. The molecule has 6 nitrogen and oxygen atoms in total. The van der Waals surface area contributed by atoms with Crippen LogP contribution in [0.4, 0.5) is 19.1 Å². The predicted molar refractivity (Wildman–Crippen MR) is 68.9 cm³/mol. The number of rotatable bonds is 2. The number of aliphatic carboxylic acids is 1. The maximum absolute atomic E-state index is 12.8. The number of carbonyl (C=O) groups is 1. The molecule has 1 aliphatic rings. The average molecular weight is 310 g/mol. The van der Waals surface area contributed by atoms with Crippen molar-refractivity contribution in [3.05, 3.63) is 53.5 Å². The Morgan fingerprint density at radius 1 is 1.27 bits per heavy atom. The molecule has 114 valence electrons. The summed E-state index contributed by atoms with van der Waals surface area (Å²) in [7, 11) is 0. The molecule has 0 bridgehead atoms. The smallest absolute Gasteiger partial charge is 0.453 e. The fourth-order valence-electron chi connectivity index (χ4n) is 2.13. The van der Waals surface area contributed by atoms with E-state index in [1.165, 1.54) is 6.08 Å². The van der Waals surface area contributed by atoms with Crippen molar-refractivity contribution in [2.24, 2.45) is 0 Å². The van der Waals surface area contributed by atoms with Crippen molar-refractivity contribution in [1.82, 2.24) is 14.8 Å². The van der Waals surface area contributed by atoms with Crippen LogP contribution in [0.1, 0.15) is 17.4 Å². The quantitative estimate of drug-likeness (QED) is 0.889. The van der Waals surface area contributed by atoms with Gasteiger partial charge in [0.2, 0.25) is 5.95 Å². The number of allylic oxidation sites excluding steroid dienone is 1. The largest absolute Gasteiger partial charge is 0.477 e. The van der Waals surface area contributed by atoms with E-state index < -0.39 is 24.0 Å². The van der Waals surface area contributed by atoms with Crippen LogP contribution in [0.3, 0.4) is 0 Å². The van der Waals surface area contributed by atoms with Gasteiger partial charge in [-0.2, -0.15) is 18.2 Å². The third kappa shape index (κ3) is 2.41. The zero-order valence-corrected chi connectivity index (χ0v) is 10.9. The van der Waals surface area contributed by atoms with Gasteiger partial charge in [-0.1, -0.05) is 30.3 Å². The molecule has 1 aromatic carbocycles. The summed E-state index contributed by atoms with van der Waals surface area (Å²) >= 11 is 0. The average Bonchev–Trinajstić information content (AvgIpc) is 2.91. The molecule has 2 N–H and O–H groups in total. The molecule has 0 radical (unpaired) electrons. The van der Waals surface area contributed by atoms with E-state index >= 15 is 0 Å². The number of anilines is 1. The number of fused-ring (bicyclic) bond motifs is 1. The second-order valence-electron chi connectivity index (χ2n) is 4.57. The molecule has 22 heavy (non-hydrogen) atoms. The lowest BCUT2D eigenvalue weighted by Crippen LogP contribution is -2.24. The maximum atomic E-state index is 12.8. The molecule has 1 aliphatic heterocycles. The van der Waals surface area contributed by atoms with Crippen LogP contribution in [-0.2, 0) is 11.0 Å². The van der Waals surface area contributed by atoms with E-state index in [0.29, 0.717) is 5.56 Å². The highest BCUT2D eigenvalue weighted by Crippen LogP contribution is 2.33. The number of carboxylic acids is 1. The number of aromatic nitrogens is 3. The number of nitrogens with zero attached hydrogens (tertiary/aromatic N) is 3. The van der Waals surface area contributed by atoms with Crippen molar-refractivity contribution in [1.29, 1.82) is 0 Å². The molecule has 0 unspecified atom stereocenters. The van der Waals surface area contributed by atoms with Gasteiger partial charge in [0.25, 0.3) is 5.82 Å². The van der Waals surface area contributed by atoms with Gasteiger partial charge < -0.3 is 10.4 Å². The van der Waals surface area contributed by atoms with Crippen LogP contribution in [0, 0.1) is 0 Å². The molecule has 2 heterocycles. The molecule has 0 saturated carbocycles. The molecule has 0 saturated heterocycles. The SMILES string of the molecule is O=C(O)C1=C[C@H](c2ccccc2)n2nc(C(F)(F)F)nc2N1. The lowest BCUT2D eigenvalue weighted by atomic mass is 10.0. The van der Waals surface area contributed by atoms with Gasteiger partial charge in [-0.05, 0) is 11.6 Å². The standard InChI is InChI=1S/C13H9F3N4O2/c14-13(15,16)11-18-12-17-8(10(21)22)6-9(20(12)19-11)7-4-2-1-3-5-7/h1-6,9H,(H,21,22)(H,17,18,19)/t9-/m1/s1. The van der Waals surface area contributed by atoms with E-state index in [2.05, 4.69) is 15.4 Å². The van der Waals surface area contributed by atoms with Crippen molar-refractivity contribution in [3.8, 4) is 0 Å². The predicted octanol–water partition coefficient (Wildman–Crippen LogP) is 2.28. The van der Waals surface area contributed by atoms with E-state index in [4.69, 9.17) is 5.11 Å². The van der Waals surface area contributed by atoms with Crippen molar-refractivity contribution < 1.29 is 23.1 Å². The van der Waals surface area contributed by atoms with Crippen LogP contribution in [0.25, 0.3) is 0 Å². The lowest BCUT2D eigenvalue weighted by Gasteiger charge is -2.22. The topological polar surface area (TPSA) is 80.0 Å². The van der Waals surface area contributed by atoms with Crippen LogP contribution in [0.15, 0.2) is 42.1 Å². The Bertz CT molecular complexity index is 752. The van der Waals surface area contributed by atoms with Gasteiger partial charge in [-0.25, -0.2) is 9.48 Å². The highest BCUT2D eigenvalue weighted by Gasteiger charge is 2.39. The number of hydrogen-bond acceptors (Lipinski definition) is 4. The summed E-state index contributed by atoms with van der Waals surface area (Å²) in [6.45, 7) is 0. The Morgan fingerprint density at radius 3 is 2.55 bits per heavy atom. The lowest BCUT2D eigenvalue weighted by molar-refractivity contribution is -0.145. The Labute approximate surface area is 121 Å². The first-order chi connectivity index (χ1) is 10.4. The molecule has 0 spiro atoms. The van der Waals surface area contributed by atoms with E-state index in [1.807, 2.05) is 0 Å². The summed E-state index contributed by atoms with van der Waals surface area (Å²) in [6, 6.07) is 7.71. The van der Waals surface area contributed by atoms with Gasteiger partial charge in [-0.15, -0.1) is 5.10 Å². The van der Waals surface area contributed by atoms with Crippen LogP contribution in [0.5, 0.6) is 0 Å². The van der Waals surface area contributed by atoms with Crippen LogP contribution in [0.2, 0.25) is 0 Å². The summed E-state index contributed by atoms with van der Waals surface area (Å²) in [4.78, 5) is 14.5. The van der Waals surface area contributed by atoms with Crippen LogP contribution in [-0.4, -0.2) is 25.8 Å². The zero-order valence-electron chi connectivity index (χ0n) is 10.9. The van der Waals surface area contributed by atoms with Gasteiger partial charge in [-0.3, -0.25) is 0 Å². The zero-order chi connectivity index (χ0) is 15.9. The van der Waals surface area contributed by atoms with Crippen molar-refractivity contribution in [2.75, 3.05) is 5.32 Å². The van der Waals surface area contributed by atoms with Crippen LogP contribution >= 0.6 is 0 Å². The first-order valence-corrected chi connectivity index (χ1v) is 6.17. The Morgan fingerprint density at radius 2 is 1.95 bits per heavy atom. The monoisotopic (exact) mass is 310 g/mol. The van der Waals surface area contributed by atoms with Crippen molar-refractivity contribution in [2.45, 2.75) is 12.2 Å². The molecule has 1 aromatic heterocycles. The maximum Gasteiger partial charge on any atom is 0.453 e. The Balaban J connectivity index is 2.13. The van der Waals surface area contributed by atoms with Crippen molar-refractivity contribution >= 4 is 11.9 Å². The molecule has 9 heteroatoms. The van der Waals surface area contributed by atoms with Crippen molar-refractivity contribution in [3.63, 3.8) is 0 Å². The van der Waals surface area contributed by atoms with E-state index in [1.54, 1.807) is 30.3 Å². The fourth-order valence-corrected chi connectivity index (χ4v) is 2.13. The number of halogens is 3. The summed E-state index contributed by atoms with van der Waals surface area (Å²) in [5, 5.41) is 14.9. The third-order valence-corrected chi connectivity index (χ3v) is 3.09. The number of nitrogens with one attached hydrogen (secondary N) is 1. The number of alkyl halides is 3. The molecular weight excluding hydrogens is 301 g/mol. The van der Waals surface area contributed by atoms with E-state index in [-0.39, 0.29) is 11.6 Å². The minimum Gasteiger partial charge on any atom is -0.477 e. The normalized spacial score (nSPS) is 17.4. The second kappa shape index (κ2) is 4.86. The Hall–Kier alpha value is -2.84. The molecule has 3 rings (SSSR count). The fraction of sp³-hybridized carbons (Fsp3) is 0.154. The molecule has 0 fully saturated rings. The summed E-state index contributed by atoms with van der Waals surface area (Å²) in [6.07, 6.45) is -3.42. The molecule has 0 amide bonds. The van der Waals surface area contributed by atoms with Crippen LogP contribution < -0.4 is 5.32 Å². The van der Waals surface area contributed by atoms with Gasteiger partial charge in [0, 0.05) is 0 Å². The summed E-state index contributed by atoms with van der Waals surface area (Å²) < 4.78 is 39.3. The minimum atomic E-state index is -4.71. The minimum absolute atomic E-state index is 0.248. The number of hydrogen-bond donors (Lipinski definition) is 2. The molecular formula is C13H9F3N4O2. The van der Waals surface area contributed by atoms with E-state index in [0.717, 1.165) is 4.68 Å². The number of carboxylic acid groups (broad SMARTS) is 1. The van der Waals surface area contributed by atoms with Gasteiger partial charge in [0.15, 0.2) is 0 Å². The highest BCUT2D eigenvalue weighted by atomic mass is 19.4. The first-order valence-electron chi connectivity index (χ1n) is 6.17. The summed E-state index contributed by atoms with van der Waals surface area (Å²) in [5.41, 5.74) is 0.352. The molecule has 2 aromatic rings. The Kier molecular flexibility index (Phi) is 3.12. The molecule has 0 aliphatic carbocycles. The number of benzene rings is 1. The third-order valence-electron chi connectivity index (χ3n) is 3.09. The van der Waals surface area contributed by atoms with Gasteiger partial charge in [0.1, 0.15) is 11.7 Å². The van der Waals surface area contributed by atoms with Gasteiger partial charge >= 0.3 is 12.1 Å². The first kappa shape index (κ1) is 14.1. The second-order valence-corrected chi connectivity index (χ2v) is 4.57. The highest BCUT2D eigenvalue weighted by molar-refractivity contribution is 5.90. The van der Waals surface area contributed by atoms with E-state index in [9.17, 15) is 18.0 Å². The summed E-state index contributed by atoms with van der Waals surface area (Å²) in [5.74, 6) is -2.87.